The number of rotatable bonds is 6. The number of carbonyl (C=O) groups is 2. The highest BCUT2D eigenvalue weighted by Gasteiger charge is 2.16. The second kappa shape index (κ2) is 9.56. The second-order valence-corrected chi connectivity index (χ2v) is 7.85. The topological polar surface area (TPSA) is 111 Å². The number of hydrogen-bond acceptors (Lipinski definition) is 6. The van der Waals surface area contributed by atoms with Crippen molar-refractivity contribution in [3.63, 3.8) is 0 Å². The van der Waals surface area contributed by atoms with Crippen LogP contribution in [0.3, 0.4) is 0 Å². The molecule has 3 amide bonds. The molecular weight excluding hydrogens is 426 g/mol. The number of ether oxygens (including phenoxy) is 3. The summed E-state index contributed by atoms with van der Waals surface area (Å²) in [5, 5.41) is 2.59. The minimum absolute atomic E-state index is 0.0466. The second-order valence-electron chi connectivity index (χ2n) is 7.85. The number of hydrazine groups is 1. The molecule has 3 aromatic rings. The zero-order chi connectivity index (χ0) is 23.4. The maximum Gasteiger partial charge on any atom is 0.337 e. The molecule has 0 spiro atoms. The fourth-order valence-corrected chi connectivity index (χ4v) is 3.28. The monoisotopic (exact) mass is 451 g/mol. The van der Waals surface area contributed by atoms with E-state index in [9.17, 15) is 9.59 Å². The Balaban J connectivity index is 1.28. The molecule has 0 unspecified atom stereocenters. The Hall–Kier alpha value is -4.14. The number of fused-ring (bicyclic) bond motifs is 1. The highest BCUT2D eigenvalue weighted by molar-refractivity contribution is 5.95. The Morgan fingerprint density at radius 3 is 2.64 bits per heavy atom. The van der Waals surface area contributed by atoms with Crippen LogP contribution in [0.1, 0.15) is 47.2 Å². The van der Waals surface area contributed by atoms with E-state index in [1.54, 1.807) is 24.3 Å². The number of anilines is 1. The first-order chi connectivity index (χ1) is 15.9. The lowest BCUT2D eigenvalue weighted by Gasteiger charge is -2.14. The van der Waals surface area contributed by atoms with Gasteiger partial charge in [0.2, 0.25) is 6.79 Å². The Kier molecular flexibility index (Phi) is 6.39. The summed E-state index contributed by atoms with van der Waals surface area (Å²) in [7, 11) is 0. The quantitative estimate of drug-likeness (QED) is 0.477. The number of amides is 3. The molecule has 0 saturated heterocycles. The molecule has 0 saturated carbocycles. The number of benzene rings is 2. The Labute approximate surface area is 191 Å². The molecule has 1 aliphatic heterocycles. The normalized spacial score (nSPS) is 11.9. The molecule has 0 fully saturated rings. The van der Waals surface area contributed by atoms with Crippen LogP contribution < -0.4 is 30.4 Å². The van der Waals surface area contributed by atoms with Gasteiger partial charge in [0.05, 0.1) is 0 Å². The molecule has 0 atom stereocenters. The van der Waals surface area contributed by atoms with Crippen molar-refractivity contribution < 1.29 is 28.2 Å². The number of furan rings is 1. The molecule has 0 radical (unpaired) electrons. The first kappa shape index (κ1) is 22.1. The summed E-state index contributed by atoms with van der Waals surface area (Å²) in [5.41, 5.74) is 7.26. The van der Waals surface area contributed by atoms with Crippen molar-refractivity contribution in [2.24, 2.45) is 0 Å². The predicted molar refractivity (Wildman–Crippen MR) is 120 cm³/mol. The van der Waals surface area contributed by atoms with Gasteiger partial charge in [0, 0.05) is 11.8 Å². The zero-order valence-electron chi connectivity index (χ0n) is 18.6. The maximum atomic E-state index is 12.3. The number of carbonyl (C=O) groups excluding carboxylic acids is 2. The largest absolute Gasteiger partial charge is 0.485 e. The van der Waals surface area contributed by atoms with Crippen molar-refractivity contribution in [3.8, 4) is 17.2 Å². The van der Waals surface area contributed by atoms with Gasteiger partial charge in [-0.05, 0) is 54.3 Å². The molecule has 1 aliphatic rings. The van der Waals surface area contributed by atoms with Crippen LogP contribution in [0.4, 0.5) is 10.5 Å². The van der Waals surface area contributed by atoms with Gasteiger partial charge < -0.3 is 23.9 Å². The summed E-state index contributed by atoms with van der Waals surface area (Å²) in [6.07, 6.45) is 0. The van der Waals surface area contributed by atoms with E-state index in [1.165, 1.54) is 6.07 Å². The minimum atomic E-state index is -0.627. The van der Waals surface area contributed by atoms with Crippen molar-refractivity contribution in [2.75, 3.05) is 12.1 Å². The van der Waals surface area contributed by atoms with Gasteiger partial charge in [0.25, 0.3) is 0 Å². The van der Waals surface area contributed by atoms with Gasteiger partial charge in [-0.1, -0.05) is 26.0 Å². The van der Waals surface area contributed by atoms with Crippen LogP contribution >= 0.6 is 0 Å². The number of aryl methyl sites for hydroxylation is 1. The minimum Gasteiger partial charge on any atom is -0.485 e. The first-order valence-corrected chi connectivity index (χ1v) is 10.5. The lowest BCUT2D eigenvalue weighted by molar-refractivity contribution is 0.0906. The van der Waals surface area contributed by atoms with E-state index in [2.05, 4.69) is 36.1 Å². The molecule has 3 N–H and O–H groups in total. The molecule has 0 bridgehead atoms. The molecule has 172 valence electrons. The Bertz CT molecular complexity index is 1170. The van der Waals surface area contributed by atoms with Crippen molar-refractivity contribution in [2.45, 2.75) is 33.3 Å². The molecular formula is C24H25N3O6. The summed E-state index contributed by atoms with van der Waals surface area (Å²) in [4.78, 5) is 24.4. The van der Waals surface area contributed by atoms with Gasteiger partial charge in [-0.15, -0.1) is 0 Å². The van der Waals surface area contributed by atoms with E-state index < -0.39 is 11.9 Å². The van der Waals surface area contributed by atoms with Crippen LogP contribution in [0.15, 0.2) is 52.9 Å². The van der Waals surface area contributed by atoms with Gasteiger partial charge in [-0.3, -0.25) is 10.2 Å². The van der Waals surface area contributed by atoms with Crippen molar-refractivity contribution >= 4 is 17.6 Å². The molecule has 33 heavy (non-hydrogen) atoms. The van der Waals surface area contributed by atoms with Gasteiger partial charge in [-0.25, -0.2) is 10.2 Å². The van der Waals surface area contributed by atoms with Crippen LogP contribution in [0.25, 0.3) is 0 Å². The smallest absolute Gasteiger partial charge is 0.337 e. The molecule has 4 rings (SSSR count). The van der Waals surface area contributed by atoms with Gasteiger partial charge in [0.1, 0.15) is 18.1 Å². The van der Waals surface area contributed by atoms with E-state index in [1.807, 2.05) is 19.1 Å². The number of nitrogens with one attached hydrogen (secondary N) is 3. The summed E-state index contributed by atoms with van der Waals surface area (Å²) < 4.78 is 22.0. The maximum absolute atomic E-state index is 12.3. The average Bonchev–Trinajstić information content (AvgIpc) is 3.45. The van der Waals surface area contributed by atoms with Crippen LogP contribution in [-0.2, 0) is 6.61 Å². The third-order valence-electron chi connectivity index (χ3n) is 4.97. The van der Waals surface area contributed by atoms with Crippen LogP contribution in [-0.4, -0.2) is 18.7 Å². The highest BCUT2D eigenvalue weighted by atomic mass is 16.7. The Morgan fingerprint density at radius 1 is 1.00 bits per heavy atom. The van der Waals surface area contributed by atoms with Crippen molar-refractivity contribution in [1.82, 2.24) is 10.9 Å². The highest BCUT2D eigenvalue weighted by Crippen LogP contribution is 2.34. The number of hydrogen-bond donors (Lipinski definition) is 3. The molecule has 2 heterocycles. The molecule has 2 aromatic carbocycles. The Morgan fingerprint density at radius 2 is 1.82 bits per heavy atom. The van der Waals surface area contributed by atoms with Crippen LogP contribution in [0, 0.1) is 6.92 Å². The van der Waals surface area contributed by atoms with Crippen molar-refractivity contribution in [1.29, 1.82) is 0 Å². The molecule has 9 heteroatoms. The van der Waals surface area contributed by atoms with E-state index in [0.717, 1.165) is 16.9 Å². The van der Waals surface area contributed by atoms with E-state index in [4.69, 9.17) is 18.6 Å². The molecule has 1 aromatic heterocycles. The standard InChI is InChI=1S/C24H25N3O6/c1-14(2)18-7-4-15(3)10-21(18)30-12-17-6-9-20(33-17)23(28)26-27-24(29)25-16-5-8-19-22(11-16)32-13-31-19/h4-11,14H,12-13H2,1-3H3,(H,26,28)(H2,25,27,29). The third-order valence-corrected chi connectivity index (χ3v) is 4.97. The SMILES string of the molecule is Cc1ccc(C(C)C)c(OCc2ccc(C(=O)NNC(=O)Nc3ccc4c(c3)OCO4)o2)c1. The fourth-order valence-electron chi connectivity index (χ4n) is 3.28. The lowest BCUT2D eigenvalue weighted by atomic mass is 10.0. The summed E-state index contributed by atoms with van der Waals surface area (Å²) >= 11 is 0. The van der Waals surface area contributed by atoms with E-state index in [0.29, 0.717) is 28.9 Å². The fraction of sp³-hybridized carbons (Fsp3) is 0.250. The lowest BCUT2D eigenvalue weighted by Crippen LogP contribution is -2.43. The first-order valence-electron chi connectivity index (χ1n) is 10.5. The summed E-state index contributed by atoms with van der Waals surface area (Å²) in [6, 6.07) is 13.6. The molecule has 0 aliphatic carbocycles. The number of urea groups is 1. The van der Waals surface area contributed by atoms with Crippen molar-refractivity contribution in [3.05, 3.63) is 71.2 Å². The summed E-state index contributed by atoms with van der Waals surface area (Å²) in [6.45, 7) is 6.52. The van der Waals surface area contributed by atoms with Crippen LogP contribution in [0.5, 0.6) is 17.2 Å². The average molecular weight is 451 g/mol. The van der Waals surface area contributed by atoms with Gasteiger partial charge in [-0.2, -0.15) is 0 Å². The van der Waals surface area contributed by atoms with E-state index >= 15 is 0 Å². The molecule has 9 nitrogen and oxygen atoms in total. The summed E-state index contributed by atoms with van der Waals surface area (Å²) in [5.74, 6) is 2.18. The third kappa shape index (κ3) is 5.38. The van der Waals surface area contributed by atoms with Gasteiger partial charge in [0.15, 0.2) is 17.3 Å². The van der Waals surface area contributed by atoms with Gasteiger partial charge >= 0.3 is 11.9 Å². The van der Waals surface area contributed by atoms with Crippen LogP contribution in [0.2, 0.25) is 0 Å². The predicted octanol–water partition coefficient (Wildman–Crippen LogP) is 4.49. The van der Waals surface area contributed by atoms with E-state index in [-0.39, 0.29) is 19.2 Å². The zero-order valence-corrected chi connectivity index (χ0v) is 18.6.